The first-order valence-electron chi connectivity index (χ1n) is 5.29. The van der Waals surface area contributed by atoms with E-state index in [1.54, 1.807) is 12.4 Å². The maximum atomic E-state index is 6.01. The highest BCUT2D eigenvalue weighted by molar-refractivity contribution is 6.31. The molecule has 2 nitrogen and oxygen atoms in total. The number of aromatic nitrogens is 1. The summed E-state index contributed by atoms with van der Waals surface area (Å²) in [5.74, 6) is 0. The Morgan fingerprint density at radius 2 is 1.76 bits per heavy atom. The minimum atomic E-state index is 0.691. The van der Waals surface area contributed by atoms with Gasteiger partial charge in [0.25, 0.3) is 0 Å². The minimum Gasteiger partial charge on any atom is -0.309 e. The highest BCUT2D eigenvalue weighted by Gasteiger charge is 1.99. The van der Waals surface area contributed by atoms with E-state index in [4.69, 9.17) is 23.2 Å². The summed E-state index contributed by atoms with van der Waals surface area (Å²) in [5.41, 5.74) is 2.25. The number of benzene rings is 1. The van der Waals surface area contributed by atoms with Crippen LogP contribution in [0.4, 0.5) is 0 Å². The summed E-state index contributed by atoms with van der Waals surface area (Å²) < 4.78 is 0. The molecule has 0 bridgehead atoms. The molecule has 2 rings (SSSR count). The lowest BCUT2D eigenvalue weighted by atomic mass is 10.2. The molecule has 1 heterocycles. The highest BCUT2D eigenvalue weighted by atomic mass is 35.5. The van der Waals surface area contributed by atoms with Gasteiger partial charge in [0.05, 0.1) is 5.02 Å². The average molecular weight is 267 g/mol. The van der Waals surface area contributed by atoms with Crippen molar-refractivity contribution in [2.45, 2.75) is 13.1 Å². The van der Waals surface area contributed by atoms with E-state index >= 15 is 0 Å². The monoisotopic (exact) mass is 266 g/mol. The standard InChI is InChI=1S/C13H12Cl2N2/c14-12-3-1-10(2-4-12)7-17-8-11-5-6-16-9-13(11)15/h1-6,9,17H,7-8H2. The number of hydrogen-bond acceptors (Lipinski definition) is 2. The largest absolute Gasteiger partial charge is 0.309 e. The van der Waals surface area contributed by atoms with Crippen molar-refractivity contribution >= 4 is 23.2 Å². The molecule has 0 amide bonds. The Labute approximate surface area is 111 Å². The molecule has 1 aromatic heterocycles. The van der Waals surface area contributed by atoms with Crippen LogP contribution in [0.15, 0.2) is 42.7 Å². The number of hydrogen-bond donors (Lipinski definition) is 1. The summed E-state index contributed by atoms with van der Waals surface area (Å²) in [7, 11) is 0. The molecule has 0 atom stereocenters. The Morgan fingerprint density at radius 1 is 1.00 bits per heavy atom. The number of rotatable bonds is 4. The van der Waals surface area contributed by atoms with E-state index in [-0.39, 0.29) is 0 Å². The predicted octanol–water partition coefficient (Wildman–Crippen LogP) is 3.68. The fourth-order valence-electron chi connectivity index (χ4n) is 1.49. The molecule has 0 aliphatic rings. The van der Waals surface area contributed by atoms with E-state index < -0.39 is 0 Å². The summed E-state index contributed by atoms with van der Waals surface area (Å²) in [6.45, 7) is 1.51. The van der Waals surface area contributed by atoms with Crippen LogP contribution in [-0.4, -0.2) is 4.98 Å². The molecular formula is C13H12Cl2N2. The smallest absolute Gasteiger partial charge is 0.0634 e. The van der Waals surface area contributed by atoms with Crippen molar-refractivity contribution < 1.29 is 0 Å². The molecule has 0 aliphatic heterocycles. The molecule has 1 aromatic carbocycles. The molecule has 0 radical (unpaired) electrons. The second-order valence-corrected chi connectivity index (χ2v) is 4.54. The zero-order valence-electron chi connectivity index (χ0n) is 9.16. The van der Waals surface area contributed by atoms with Crippen LogP contribution in [0.2, 0.25) is 10.0 Å². The fraction of sp³-hybridized carbons (Fsp3) is 0.154. The van der Waals surface area contributed by atoms with Gasteiger partial charge in [0.15, 0.2) is 0 Å². The van der Waals surface area contributed by atoms with Crippen molar-refractivity contribution in [3.05, 3.63) is 63.9 Å². The Kier molecular flexibility index (Phi) is 4.37. The van der Waals surface area contributed by atoms with Crippen LogP contribution in [0.25, 0.3) is 0 Å². The molecule has 0 spiro atoms. The summed E-state index contributed by atoms with van der Waals surface area (Å²) in [4.78, 5) is 3.95. The molecule has 1 N–H and O–H groups in total. The third-order valence-electron chi connectivity index (χ3n) is 2.41. The van der Waals surface area contributed by atoms with E-state index in [1.165, 1.54) is 5.56 Å². The van der Waals surface area contributed by atoms with Gasteiger partial charge in [0.2, 0.25) is 0 Å². The lowest BCUT2D eigenvalue weighted by molar-refractivity contribution is 0.693. The molecular weight excluding hydrogens is 255 g/mol. The summed E-state index contributed by atoms with van der Waals surface area (Å²) in [6.07, 6.45) is 3.39. The van der Waals surface area contributed by atoms with Crippen LogP contribution < -0.4 is 5.32 Å². The van der Waals surface area contributed by atoms with Gasteiger partial charge in [-0.15, -0.1) is 0 Å². The first-order valence-corrected chi connectivity index (χ1v) is 6.05. The van der Waals surface area contributed by atoms with Gasteiger partial charge >= 0.3 is 0 Å². The molecule has 0 unspecified atom stereocenters. The van der Waals surface area contributed by atoms with Crippen LogP contribution in [0, 0.1) is 0 Å². The maximum Gasteiger partial charge on any atom is 0.0634 e. The molecule has 88 valence electrons. The SMILES string of the molecule is Clc1ccc(CNCc2ccncc2Cl)cc1. The van der Waals surface area contributed by atoms with E-state index in [1.807, 2.05) is 30.3 Å². The van der Waals surface area contributed by atoms with Crippen molar-refractivity contribution in [3.8, 4) is 0 Å². The molecule has 17 heavy (non-hydrogen) atoms. The van der Waals surface area contributed by atoms with Crippen molar-refractivity contribution in [2.24, 2.45) is 0 Å². The number of halogens is 2. The molecule has 2 aromatic rings. The third kappa shape index (κ3) is 3.70. The number of pyridine rings is 1. The summed E-state index contributed by atoms with van der Waals surface area (Å²) in [6, 6.07) is 9.69. The van der Waals surface area contributed by atoms with Gasteiger partial charge in [0, 0.05) is 30.5 Å². The molecule has 0 aliphatic carbocycles. The second kappa shape index (κ2) is 6.01. The van der Waals surface area contributed by atoms with E-state index in [2.05, 4.69) is 10.3 Å². The first-order chi connectivity index (χ1) is 8.25. The Bertz CT molecular complexity index is 483. The number of nitrogens with one attached hydrogen (secondary N) is 1. The van der Waals surface area contributed by atoms with Gasteiger partial charge in [-0.05, 0) is 29.3 Å². The van der Waals surface area contributed by atoms with E-state index in [0.717, 1.165) is 23.7 Å². The molecule has 0 saturated heterocycles. The zero-order valence-corrected chi connectivity index (χ0v) is 10.7. The summed E-state index contributed by atoms with van der Waals surface area (Å²) in [5, 5.41) is 4.77. The topological polar surface area (TPSA) is 24.9 Å². The fourth-order valence-corrected chi connectivity index (χ4v) is 1.80. The minimum absolute atomic E-state index is 0.691. The van der Waals surface area contributed by atoms with Gasteiger partial charge in [-0.1, -0.05) is 35.3 Å². The van der Waals surface area contributed by atoms with Crippen molar-refractivity contribution in [3.63, 3.8) is 0 Å². The molecule has 4 heteroatoms. The molecule has 0 saturated carbocycles. The van der Waals surface area contributed by atoms with Gasteiger partial charge in [0.1, 0.15) is 0 Å². The lowest BCUT2D eigenvalue weighted by Crippen LogP contribution is -2.12. The Balaban J connectivity index is 1.88. The van der Waals surface area contributed by atoms with Crippen LogP contribution in [-0.2, 0) is 13.1 Å². The number of nitrogens with zero attached hydrogens (tertiary/aromatic N) is 1. The predicted molar refractivity (Wildman–Crippen MR) is 71.2 cm³/mol. The Hall–Kier alpha value is -1.09. The third-order valence-corrected chi connectivity index (χ3v) is 3.01. The quantitative estimate of drug-likeness (QED) is 0.914. The normalized spacial score (nSPS) is 10.5. The van der Waals surface area contributed by atoms with Crippen molar-refractivity contribution in [2.75, 3.05) is 0 Å². The van der Waals surface area contributed by atoms with Gasteiger partial charge in [-0.3, -0.25) is 4.98 Å². The zero-order chi connectivity index (χ0) is 12.1. The van der Waals surface area contributed by atoms with Crippen LogP contribution in [0.3, 0.4) is 0 Å². The van der Waals surface area contributed by atoms with Crippen LogP contribution in [0.5, 0.6) is 0 Å². The lowest BCUT2D eigenvalue weighted by Gasteiger charge is -2.06. The Morgan fingerprint density at radius 3 is 2.47 bits per heavy atom. The van der Waals surface area contributed by atoms with E-state index in [0.29, 0.717) is 5.02 Å². The van der Waals surface area contributed by atoms with Gasteiger partial charge < -0.3 is 5.32 Å². The first kappa shape index (κ1) is 12.4. The second-order valence-electron chi connectivity index (χ2n) is 3.70. The van der Waals surface area contributed by atoms with Gasteiger partial charge in [-0.25, -0.2) is 0 Å². The molecule has 0 fully saturated rings. The van der Waals surface area contributed by atoms with Gasteiger partial charge in [-0.2, -0.15) is 0 Å². The van der Waals surface area contributed by atoms with Crippen LogP contribution >= 0.6 is 23.2 Å². The average Bonchev–Trinajstić information content (AvgIpc) is 2.34. The van der Waals surface area contributed by atoms with Crippen LogP contribution in [0.1, 0.15) is 11.1 Å². The summed E-state index contributed by atoms with van der Waals surface area (Å²) >= 11 is 11.8. The van der Waals surface area contributed by atoms with E-state index in [9.17, 15) is 0 Å². The van der Waals surface area contributed by atoms with Crippen molar-refractivity contribution in [1.29, 1.82) is 0 Å². The highest BCUT2D eigenvalue weighted by Crippen LogP contribution is 2.13. The maximum absolute atomic E-state index is 6.01. The van der Waals surface area contributed by atoms with Crippen molar-refractivity contribution in [1.82, 2.24) is 10.3 Å².